The highest BCUT2D eigenvalue weighted by Gasteiger charge is 2.03. The summed E-state index contributed by atoms with van der Waals surface area (Å²) in [6.07, 6.45) is 0. The Morgan fingerprint density at radius 1 is 1.25 bits per heavy atom. The molecule has 4 nitrogen and oxygen atoms in total. The fraction of sp³-hybridized carbons (Fsp3) is 0.0667. The number of benzene rings is 2. The summed E-state index contributed by atoms with van der Waals surface area (Å²) in [6.45, 7) is 0.685. The van der Waals surface area contributed by atoms with Crippen LogP contribution < -0.4 is 5.32 Å². The Morgan fingerprint density at radius 2 is 2.15 bits per heavy atom. The van der Waals surface area contributed by atoms with Gasteiger partial charge in [0, 0.05) is 11.0 Å². The predicted molar refractivity (Wildman–Crippen MR) is 82.3 cm³/mol. The second kappa shape index (κ2) is 5.35. The smallest absolute Gasteiger partial charge is 0.201 e. The van der Waals surface area contributed by atoms with E-state index in [1.165, 1.54) is 0 Å². The van der Waals surface area contributed by atoms with Crippen LogP contribution in [-0.4, -0.2) is 9.97 Å². The molecule has 0 saturated heterocycles. The first-order chi connectivity index (χ1) is 9.74. The SMILES string of the molecule is N#Cc1ccc2nc(NCc3cccc(Br)c3)[nH]c2c1. The van der Waals surface area contributed by atoms with E-state index < -0.39 is 0 Å². The van der Waals surface area contributed by atoms with Crippen LogP contribution in [0, 0.1) is 11.3 Å². The number of nitrogens with one attached hydrogen (secondary N) is 2. The topological polar surface area (TPSA) is 64.5 Å². The maximum absolute atomic E-state index is 8.88. The van der Waals surface area contributed by atoms with Gasteiger partial charge in [-0.05, 0) is 35.9 Å². The Labute approximate surface area is 124 Å². The van der Waals surface area contributed by atoms with Gasteiger partial charge in [0.25, 0.3) is 0 Å². The summed E-state index contributed by atoms with van der Waals surface area (Å²) in [5.41, 5.74) is 3.50. The Bertz CT molecular complexity index is 801. The van der Waals surface area contributed by atoms with E-state index in [1.54, 1.807) is 12.1 Å². The number of imidazole rings is 1. The summed E-state index contributed by atoms with van der Waals surface area (Å²) in [7, 11) is 0. The van der Waals surface area contributed by atoms with Crippen molar-refractivity contribution < 1.29 is 0 Å². The maximum Gasteiger partial charge on any atom is 0.201 e. The molecule has 0 bridgehead atoms. The van der Waals surface area contributed by atoms with Gasteiger partial charge >= 0.3 is 0 Å². The van der Waals surface area contributed by atoms with Gasteiger partial charge in [-0.3, -0.25) is 0 Å². The molecule has 0 aliphatic heterocycles. The van der Waals surface area contributed by atoms with Crippen molar-refractivity contribution in [1.82, 2.24) is 9.97 Å². The molecular formula is C15H11BrN4. The highest BCUT2D eigenvalue weighted by Crippen LogP contribution is 2.17. The predicted octanol–water partition coefficient (Wildman–Crippen LogP) is 3.81. The summed E-state index contributed by atoms with van der Waals surface area (Å²) in [4.78, 5) is 7.61. The van der Waals surface area contributed by atoms with Crippen LogP contribution in [0.4, 0.5) is 5.95 Å². The van der Waals surface area contributed by atoms with Gasteiger partial charge in [0.2, 0.25) is 5.95 Å². The molecule has 1 heterocycles. The zero-order valence-electron chi connectivity index (χ0n) is 10.5. The zero-order valence-corrected chi connectivity index (χ0v) is 12.1. The van der Waals surface area contributed by atoms with Crippen molar-refractivity contribution in [3.63, 3.8) is 0 Å². The molecular weight excluding hydrogens is 316 g/mol. The molecule has 20 heavy (non-hydrogen) atoms. The Kier molecular flexibility index (Phi) is 3.40. The molecule has 3 aromatic rings. The first kappa shape index (κ1) is 12.7. The molecule has 98 valence electrons. The minimum atomic E-state index is 0.625. The van der Waals surface area contributed by atoms with Crippen LogP contribution in [0.25, 0.3) is 11.0 Å². The summed E-state index contributed by atoms with van der Waals surface area (Å²) >= 11 is 3.45. The lowest BCUT2D eigenvalue weighted by Crippen LogP contribution is -2.00. The van der Waals surface area contributed by atoms with E-state index in [1.807, 2.05) is 24.3 Å². The number of aromatic nitrogens is 2. The number of aromatic amines is 1. The van der Waals surface area contributed by atoms with Gasteiger partial charge in [-0.15, -0.1) is 0 Å². The van der Waals surface area contributed by atoms with Crippen molar-refractivity contribution in [1.29, 1.82) is 5.26 Å². The number of nitriles is 1. The zero-order chi connectivity index (χ0) is 13.9. The normalized spacial score (nSPS) is 10.4. The third kappa shape index (κ3) is 2.65. The molecule has 0 atom stereocenters. The minimum absolute atomic E-state index is 0.625. The Morgan fingerprint density at radius 3 is 2.95 bits per heavy atom. The van der Waals surface area contributed by atoms with Crippen LogP contribution in [-0.2, 0) is 6.54 Å². The van der Waals surface area contributed by atoms with Gasteiger partial charge in [-0.25, -0.2) is 4.98 Å². The fourth-order valence-electron chi connectivity index (χ4n) is 2.00. The van der Waals surface area contributed by atoms with Crippen molar-refractivity contribution in [2.24, 2.45) is 0 Å². The lowest BCUT2D eigenvalue weighted by molar-refractivity contribution is 1.10. The van der Waals surface area contributed by atoms with E-state index in [9.17, 15) is 0 Å². The van der Waals surface area contributed by atoms with Crippen molar-refractivity contribution in [3.8, 4) is 6.07 Å². The number of anilines is 1. The van der Waals surface area contributed by atoms with Crippen LogP contribution in [0.1, 0.15) is 11.1 Å². The molecule has 0 aliphatic carbocycles. The quantitative estimate of drug-likeness (QED) is 0.769. The van der Waals surface area contributed by atoms with Gasteiger partial charge in [-0.1, -0.05) is 28.1 Å². The van der Waals surface area contributed by atoms with Gasteiger partial charge in [-0.2, -0.15) is 5.26 Å². The maximum atomic E-state index is 8.88. The minimum Gasteiger partial charge on any atom is -0.352 e. The number of hydrogen-bond donors (Lipinski definition) is 2. The number of fused-ring (bicyclic) bond motifs is 1. The van der Waals surface area contributed by atoms with Crippen LogP contribution in [0.2, 0.25) is 0 Å². The molecule has 3 rings (SSSR count). The van der Waals surface area contributed by atoms with E-state index >= 15 is 0 Å². The second-order valence-corrected chi connectivity index (χ2v) is 5.33. The van der Waals surface area contributed by atoms with Crippen LogP contribution in [0.3, 0.4) is 0 Å². The van der Waals surface area contributed by atoms with Gasteiger partial charge in [0.1, 0.15) is 0 Å². The summed E-state index contributed by atoms with van der Waals surface area (Å²) in [5, 5.41) is 12.1. The third-order valence-electron chi connectivity index (χ3n) is 2.96. The van der Waals surface area contributed by atoms with E-state index in [4.69, 9.17) is 5.26 Å². The highest BCUT2D eigenvalue weighted by molar-refractivity contribution is 9.10. The van der Waals surface area contributed by atoms with Gasteiger partial charge < -0.3 is 10.3 Å². The molecule has 2 aromatic carbocycles. The molecule has 0 fully saturated rings. The second-order valence-electron chi connectivity index (χ2n) is 4.41. The Hall–Kier alpha value is -2.32. The number of halogens is 1. The van der Waals surface area contributed by atoms with Crippen LogP contribution >= 0.6 is 15.9 Å². The van der Waals surface area contributed by atoms with E-state index in [0.717, 1.165) is 21.1 Å². The lowest BCUT2D eigenvalue weighted by atomic mass is 10.2. The first-order valence-corrected chi connectivity index (χ1v) is 6.92. The summed E-state index contributed by atoms with van der Waals surface area (Å²) < 4.78 is 1.06. The van der Waals surface area contributed by atoms with E-state index in [2.05, 4.69) is 43.4 Å². The summed E-state index contributed by atoms with van der Waals surface area (Å²) in [6, 6.07) is 15.6. The monoisotopic (exact) mass is 326 g/mol. The molecule has 0 aliphatic rings. The molecule has 0 amide bonds. The van der Waals surface area contributed by atoms with Gasteiger partial charge in [0.05, 0.1) is 22.7 Å². The van der Waals surface area contributed by atoms with Crippen molar-refractivity contribution in [3.05, 3.63) is 58.1 Å². The molecule has 1 aromatic heterocycles. The van der Waals surface area contributed by atoms with Crippen LogP contribution in [0.15, 0.2) is 46.9 Å². The molecule has 0 unspecified atom stereocenters. The first-order valence-electron chi connectivity index (χ1n) is 6.13. The number of H-pyrrole nitrogens is 1. The molecule has 2 N–H and O–H groups in total. The molecule has 0 radical (unpaired) electrons. The van der Waals surface area contributed by atoms with E-state index in [-0.39, 0.29) is 0 Å². The highest BCUT2D eigenvalue weighted by atomic mass is 79.9. The number of hydrogen-bond acceptors (Lipinski definition) is 3. The van der Waals surface area contributed by atoms with E-state index in [0.29, 0.717) is 18.1 Å². The van der Waals surface area contributed by atoms with Gasteiger partial charge in [0.15, 0.2) is 0 Å². The molecule has 5 heteroatoms. The molecule has 0 spiro atoms. The fourth-order valence-corrected chi connectivity index (χ4v) is 2.44. The van der Waals surface area contributed by atoms with Crippen molar-refractivity contribution in [2.45, 2.75) is 6.54 Å². The number of rotatable bonds is 3. The average molecular weight is 327 g/mol. The molecule has 0 saturated carbocycles. The third-order valence-corrected chi connectivity index (χ3v) is 3.45. The Balaban J connectivity index is 1.79. The largest absolute Gasteiger partial charge is 0.352 e. The number of nitrogens with zero attached hydrogens (tertiary/aromatic N) is 2. The van der Waals surface area contributed by atoms with Crippen molar-refractivity contribution >= 4 is 32.9 Å². The lowest BCUT2D eigenvalue weighted by Gasteiger charge is -2.03. The standard InChI is InChI=1S/C15H11BrN4/c16-12-3-1-2-11(6-12)9-18-15-19-13-5-4-10(8-17)7-14(13)20-15/h1-7H,9H2,(H2,18,19,20). The average Bonchev–Trinajstić information content (AvgIpc) is 2.87. The van der Waals surface area contributed by atoms with Crippen molar-refractivity contribution in [2.75, 3.05) is 5.32 Å². The summed E-state index contributed by atoms with van der Waals surface area (Å²) in [5.74, 6) is 0.704. The van der Waals surface area contributed by atoms with Crippen LogP contribution in [0.5, 0.6) is 0 Å².